The van der Waals surface area contributed by atoms with E-state index >= 15 is 0 Å². The Hall–Kier alpha value is -0.400. The predicted molar refractivity (Wildman–Crippen MR) is 49.6 cm³/mol. The van der Waals surface area contributed by atoms with Gasteiger partial charge in [0.2, 0.25) is 0 Å². The van der Waals surface area contributed by atoms with Gasteiger partial charge in [0.25, 0.3) is 0 Å². The first-order chi connectivity index (χ1) is 5.20. The lowest BCUT2D eigenvalue weighted by Gasteiger charge is -2.08. The van der Waals surface area contributed by atoms with E-state index in [2.05, 4.69) is 33.4 Å². The van der Waals surface area contributed by atoms with E-state index in [1.54, 1.807) is 0 Å². The summed E-state index contributed by atoms with van der Waals surface area (Å²) < 4.78 is 1.98. The summed E-state index contributed by atoms with van der Waals surface area (Å²) in [6.07, 6.45) is 4.76. The SMILES string of the molecule is CN(C)CCc1nccn1P. The second kappa shape index (κ2) is 3.84. The van der Waals surface area contributed by atoms with Crippen molar-refractivity contribution in [3.05, 3.63) is 18.2 Å². The second-order valence-electron chi connectivity index (χ2n) is 2.80. The van der Waals surface area contributed by atoms with Gasteiger partial charge in [0, 0.05) is 25.4 Å². The van der Waals surface area contributed by atoms with Crippen LogP contribution in [0.1, 0.15) is 5.82 Å². The van der Waals surface area contributed by atoms with Crippen molar-refractivity contribution in [1.82, 2.24) is 14.2 Å². The van der Waals surface area contributed by atoms with Crippen molar-refractivity contribution in [3.8, 4) is 0 Å². The van der Waals surface area contributed by atoms with Crippen molar-refractivity contribution in [2.75, 3.05) is 20.6 Å². The van der Waals surface area contributed by atoms with Crippen molar-refractivity contribution in [1.29, 1.82) is 0 Å². The molecule has 4 heteroatoms. The highest BCUT2D eigenvalue weighted by atomic mass is 31.0. The van der Waals surface area contributed by atoms with Gasteiger partial charge in [-0.3, -0.25) is 0 Å². The Balaban J connectivity index is 2.44. The third kappa shape index (κ3) is 2.60. The molecule has 1 rings (SSSR count). The van der Waals surface area contributed by atoms with E-state index in [-0.39, 0.29) is 0 Å². The van der Waals surface area contributed by atoms with E-state index in [1.807, 2.05) is 16.7 Å². The highest BCUT2D eigenvalue weighted by Gasteiger charge is 1.98. The van der Waals surface area contributed by atoms with Crippen LogP contribution < -0.4 is 0 Å². The summed E-state index contributed by atoms with van der Waals surface area (Å²) in [6, 6.07) is 0. The molecule has 62 valence electrons. The molecule has 0 amide bonds. The molecule has 1 unspecified atom stereocenters. The first-order valence-corrected chi connectivity index (χ1v) is 4.14. The molecule has 1 aromatic heterocycles. The van der Waals surface area contributed by atoms with Gasteiger partial charge in [0.15, 0.2) is 0 Å². The van der Waals surface area contributed by atoms with Crippen LogP contribution in [-0.2, 0) is 6.42 Å². The number of imidazole rings is 1. The largest absolute Gasteiger partial charge is 0.319 e. The summed E-state index contributed by atoms with van der Waals surface area (Å²) in [5.74, 6) is 1.11. The molecule has 1 heterocycles. The zero-order valence-corrected chi connectivity index (χ0v) is 8.14. The number of hydrogen-bond acceptors (Lipinski definition) is 2. The molecule has 0 N–H and O–H groups in total. The van der Waals surface area contributed by atoms with Crippen LogP contribution in [0.4, 0.5) is 0 Å². The molecule has 0 spiro atoms. The van der Waals surface area contributed by atoms with Crippen molar-refractivity contribution < 1.29 is 0 Å². The van der Waals surface area contributed by atoms with Crippen molar-refractivity contribution >= 4 is 9.39 Å². The maximum Gasteiger partial charge on any atom is 0.112 e. The van der Waals surface area contributed by atoms with Crippen LogP contribution in [0, 0.1) is 0 Å². The standard InChI is InChI=1S/C7H14N3P/c1-9(2)5-3-7-8-4-6-10(7)11/h4,6H,3,5,11H2,1-2H3. The Morgan fingerprint density at radius 2 is 2.36 bits per heavy atom. The molecule has 3 nitrogen and oxygen atoms in total. The average Bonchev–Trinajstić information content (AvgIpc) is 2.31. The molecule has 0 aliphatic heterocycles. The van der Waals surface area contributed by atoms with Crippen LogP contribution in [-0.4, -0.2) is 34.9 Å². The second-order valence-corrected chi connectivity index (χ2v) is 3.36. The van der Waals surface area contributed by atoms with Gasteiger partial charge in [-0.1, -0.05) is 0 Å². The maximum absolute atomic E-state index is 4.20. The monoisotopic (exact) mass is 171 g/mol. The minimum absolute atomic E-state index is 1.00. The summed E-state index contributed by atoms with van der Waals surface area (Å²) in [7, 11) is 6.75. The molecule has 0 aliphatic rings. The minimum Gasteiger partial charge on any atom is -0.319 e. The maximum atomic E-state index is 4.20. The quantitative estimate of drug-likeness (QED) is 0.622. The van der Waals surface area contributed by atoms with E-state index < -0.39 is 0 Å². The normalized spacial score (nSPS) is 10.9. The highest BCUT2D eigenvalue weighted by molar-refractivity contribution is 7.14. The van der Waals surface area contributed by atoms with Gasteiger partial charge < -0.3 is 9.24 Å². The summed E-state index contributed by atoms with van der Waals surface area (Å²) in [4.78, 5) is 6.36. The Kier molecular flexibility index (Phi) is 3.03. The number of rotatable bonds is 3. The van der Waals surface area contributed by atoms with Gasteiger partial charge in [0.1, 0.15) is 5.82 Å². The molecule has 0 saturated heterocycles. The fourth-order valence-corrected chi connectivity index (χ4v) is 1.13. The molecule has 0 saturated carbocycles. The topological polar surface area (TPSA) is 21.1 Å². The molecule has 0 bridgehead atoms. The van der Waals surface area contributed by atoms with Gasteiger partial charge in [0.05, 0.1) is 0 Å². The zero-order chi connectivity index (χ0) is 8.27. The van der Waals surface area contributed by atoms with Gasteiger partial charge >= 0.3 is 0 Å². The zero-order valence-electron chi connectivity index (χ0n) is 6.99. The first-order valence-electron chi connectivity index (χ1n) is 3.62. The number of aromatic nitrogens is 2. The van der Waals surface area contributed by atoms with Gasteiger partial charge in [-0.2, -0.15) is 0 Å². The van der Waals surface area contributed by atoms with Crippen LogP contribution in [0.2, 0.25) is 0 Å². The molecule has 0 radical (unpaired) electrons. The van der Waals surface area contributed by atoms with Crippen molar-refractivity contribution in [3.63, 3.8) is 0 Å². The number of likely N-dealkylation sites (N-methyl/N-ethyl adjacent to an activating group) is 1. The lowest BCUT2D eigenvalue weighted by Crippen LogP contribution is -2.16. The summed E-state index contributed by atoms with van der Waals surface area (Å²) in [6.45, 7) is 1.05. The molecule has 0 fully saturated rings. The molecule has 0 aliphatic carbocycles. The van der Waals surface area contributed by atoms with Crippen LogP contribution in [0.3, 0.4) is 0 Å². The fraction of sp³-hybridized carbons (Fsp3) is 0.571. The van der Waals surface area contributed by atoms with E-state index in [9.17, 15) is 0 Å². The molecular formula is C7H14N3P. The third-order valence-corrected chi connectivity index (χ3v) is 2.00. The van der Waals surface area contributed by atoms with Crippen molar-refractivity contribution in [2.24, 2.45) is 0 Å². The van der Waals surface area contributed by atoms with Crippen LogP contribution >= 0.6 is 9.39 Å². The Morgan fingerprint density at radius 3 is 2.82 bits per heavy atom. The Morgan fingerprint density at radius 1 is 1.64 bits per heavy atom. The minimum atomic E-state index is 1.00. The van der Waals surface area contributed by atoms with E-state index in [1.165, 1.54) is 0 Å². The van der Waals surface area contributed by atoms with Gasteiger partial charge in [-0.25, -0.2) is 4.98 Å². The molecule has 1 aromatic rings. The van der Waals surface area contributed by atoms with Crippen LogP contribution in [0.5, 0.6) is 0 Å². The third-order valence-electron chi connectivity index (χ3n) is 1.53. The molecule has 11 heavy (non-hydrogen) atoms. The molecule has 0 aromatic carbocycles. The fourth-order valence-electron chi connectivity index (χ4n) is 0.861. The Labute approximate surface area is 69.7 Å². The predicted octanol–water partition coefficient (Wildman–Crippen LogP) is 0.625. The van der Waals surface area contributed by atoms with Gasteiger partial charge in [-0.15, -0.1) is 0 Å². The molecular weight excluding hydrogens is 157 g/mol. The lowest BCUT2D eigenvalue weighted by molar-refractivity contribution is 0.409. The number of hydrogen-bond donors (Lipinski definition) is 0. The van der Waals surface area contributed by atoms with Gasteiger partial charge in [-0.05, 0) is 23.5 Å². The van der Waals surface area contributed by atoms with E-state index in [0.29, 0.717) is 0 Å². The highest BCUT2D eigenvalue weighted by Crippen LogP contribution is 2.02. The summed E-state index contributed by atoms with van der Waals surface area (Å²) in [5, 5.41) is 0. The molecule has 1 atom stereocenters. The Bertz CT molecular complexity index is 219. The summed E-state index contributed by atoms with van der Waals surface area (Å²) >= 11 is 0. The van der Waals surface area contributed by atoms with E-state index in [4.69, 9.17) is 0 Å². The van der Waals surface area contributed by atoms with E-state index in [0.717, 1.165) is 18.8 Å². The van der Waals surface area contributed by atoms with Crippen molar-refractivity contribution in [2.45, 2.75) is 6.42 Å². The lowest BCUT2D eigenvalue weighted by atomic mass is 10.4. The average molecular weight is 171 g/mol. The number of nitrogens with zero attached hydrogens (tertiary/aromatic N) is 3. The van der Waals surface area contributed by atoms with Crippen LogP contribution in [0.25, 0.3) is 0 Å². The smallest absolute Gasteiger partial charge is 0.112 e. The van der Waals surface area contributed by atoms with Crippen LogP contribution in [0.15, 0.2) is 12.4 Å². The summed E-state index contributed by atoms with van der Waals surface area (Å²) in [5.41, 5.74) is 0. The first kappa shape index (κ1) is 8.69.